The molecule has 9 heteroatoms. The smallest absolute Gasteiger partial charge is 0.238 e. The van der Waals surface area contributed by atoms with Gasteiger partial charge in [0.25, 0.3) is 0 Å². The van der Waals surface area contributed by atoms with E-state index in [4.69, 9.17) is 26.1 Å². The summed E-state index contributed by atoms with van der Waals surface area (Å²) in [7, 11) is 3.22. The van der Waals surface area contributed by atoms with Crippen molar-refractivity contribution in [2.24, 2.45) is 4.99 Å². The van der Waals surface area contributed by atoms with Crippen molar-refractivity contribution in [3.63, 3.8) is 0 Å². The van der Waals surface area contributed by atoms with E-state index >= 15 is 0 Å². The lowest BCUT2D eigenvalue weighted by molar-refractivity contribution is -0.129. The molecule has 0 saturated carbocycles. The number of carbonyl (C=O) groups is 2. The number of amides is 2. The molecule has 1 unspecified atom stereocenters. The summed E-state index contributed by atoms with van der Waals surface area (Å²) in [5, 5.41) is 3.33. The molecule has 1 aliphatic rings. The van der Waals surface area contributed by atoms with E-state index in [1.54, 1.807) is 55.5 Å². The normalized spacial score (nSPS) is 16.6. The van der Waals surface area contributed by atoms with Crippen LogP contribution in [0.15, 0.2) is 77.8 Å². The first kappa shape index (κ1) is 25.6. The molecule has 1 heterocycles. The minimum Gasteiger partial charge on any atom is -0.497 e. The number of benzene rings is 3. The molecule has 186 valence electrons. The minimum atomic E-state index is -0.609. The average Bonchev–Trinajstić information content (AvgIpc) is 2.90. The van der Waals surface area contributed by atoms with Crippen LogP contribution in [0.1, 0.15) is 12.0 Å². The van der Waals surface area contributed by atoms with Crippen LogP contribution in [0.25, 0.3) is 0 Å². The lowest BCUT2D eigenvalue weighted by Crippen LogP contribution is -2.46. The minimum absolute atomic E-state index is 0.0777. The Morgan fingerprint density at radius 2 is 1.61 bits per heavy atom. The van der Waals surface area contributed by atoms with Crippen molar-refractivity contribution < 1.29 is 19.1 Å². The van der Waals surface area contributed by atoms with Crippen LogP contribution in [0.5, 0.6) is 11.5 Å². The molecule has 2 amide bonds. The molecule has 3 aromatic rings. The second-order valence-electron chi connectivity index (χ2n) is 8.04. The van der Waals surface area contributed by atoms with E-state index in [0.717, 1.165) is 11.3 Å². The molecule has 3 aromatic carbocycles. The first-order valence-corrected chi connectivity index (χ1v) is 12.6. The van der Waals surface area contributed by atoms with E-state index in [0.29, 0.717) is 40.3 Å². The number of thioether (sulfide) groups is 1. The third-order valence-electron chi connectivity index (χ3n) is 5.62. The van der Waals surface area contributed by atoms with Crippen molar-refractivity contribution in [2.45, 2.75) is 18.1 Å². The number of carbonyl (C=O) groups excluding carboxylic acids is 2. The van der Waals surface area contributed by atoms with Crippen molar-refractivity contribution in [2.75, 3.05) is 26.1 Å². The van der Waals surface area contributed by atoms with Gasteiger partial charge in [-0.15, -0.1) is 0 Å². The number of hydrogen-bond acceptors (Lipinski definition) is 6. The summed E-state index contributed by atoms with van der Waals surface area (Å²) in [6.07, 6.45) is 0.716. The van der Waals surface area contributed by atoms with Gasteiger partial charge in [0, 0.05) is 23.7 Å². The number of amidine groups is 1. The quantitative estimate of drug-likeness (QED) is 0.418. The summed E-state index contributed by atoms with van der Waals surface area (Å²) >= 11 is 7.23. The highest BCUT2D eigenvalue weighted by atomic mass is 35.5. The third-order valence-corrected chi connectivity index (χ3v) is 7.06. The predicted octanol–water partition coefficient (Wildman–Crippen LogP) is 5.56. The highest BCUT2D eigenvalue weighted by Gasteiger charge is 2.35. The molecular formula is C27H26ClN3O4S. The van der Waals surface area contributed by atoms with Crippen LogP contribution in [0.4, 0.5) is 11.4 Å². The number of hydrogen-bond donors (Lipinski definition) is 1. The Bertz CT molecular complexity index is 1230. The highest BCUT2D eigenvalue weighted by molar-refractivity contribution is 8.15. The molecular weight excluding hydrogens is 498 g/mol. The van der Waals surface area contributed by atoms with Crippen LogP contribution < -0.4 is 14.8 Å². The van der Waals surface area contributed by atoms with Gasteiger partial charge in [0.2, 0.25) is 11.8 Å². The first-order chi connectivity index (χ1) is 17.4. The second kappa shape index (κ2) is 12.0. The average molecular weight is 524 g/mol. The molecule has 0 radical (unpaired) electrons. The zero-order valence-corrected chi connectivity index (χ0v) is 21.5. The number of ether oxygens (including phenoxy) is 2. The van der Waals surface area contributed by atoms with Gasteiger partial charge in [-0.3, -0.25) is 14.5 Å². The van der Waals surface area contributed by atoms with E-state index in [-0.39, 0.29) is 18.2 Å². The van der Waals surface area contributed by atoms with E-state index in [1.807, 2.05) is 36.4 Å². The van der Waals surface area contributed by atoms with E-state index in [9.17, 15) is 9.59 Å². The van der Waals surface area contributed by atoms with Gasteiger partial charge >= 0.3 is 0 Å². The third kappa shape index (κ3) is 6.59. The standard InChI is InChI=1S/C27H26ClN3O4S/c1-34-22-11-3-18(4-12-22)15-16-31-25(32)17-24(26(33)29-20-7-5-19(28)6-8-20)36-27(31)30-21-9-13-23(35-2)14-10-21/h3-14,24H,15-17H2,1-2H3,(H,29,33). The Balaban J connectivity index is 1.54. The fourth-order valence-corrected chi connectivity index (χ4v) is 4.87. The number of methoxy groups -OCH3 is 2. The van der Waals surface area contributed by atoms with E-state index in [1.165, 1.54) is 11.8 Å². The fourth-order valence-electron chi connectivity index (χ4n) is 3.62. The molecule has 4 rings (SSSR count). The molecule has 1 aliphatic heterocycles. The van der Waals surface area contributed by atoms with Gasteiger partial charge in [-0.05, 0) is 72.6 Å². The lowest BCUT2D eigenvalue weighted by Gasteiger charge is -2.32. The van der Waals surface area contributed by atoms with Gasteiger partial charge < -0.3 is 14.8 Å². The number of anilines is 1. The van der Waals surface area contributed by atoms with Crippen LogP contribution in [0, 0.1) is 0 Å². The zero-order chi connectivity index (χ0) is 25.5. The van der Waals surface area contributed by atoms with Crippen LogP contribution in [0.3, 0.4) is 0 Å². The molecule has 36 heavy (non-hydrogen) atoms. The summed E-state index contributed by atoms with van der Waals surface area (Å²) in [6.45, 7) is 0.443. The lowest BCUT2D eigenvalue weighted by atomic mass is 10.1. The number of halogens is 1. The van der Waals surface area contributed by atoms with Crippen molar-refractivity contribution in [3.05, 3.63) is 83.4 Å². The summed E-state index contributed by atoms with van der Waals surface area (Å²) < 4.78 is 10.4. The summed E-state index contributed by atoms with van der Waals surface area (Å²) in [4.78, 5) is 32.6. The van der Waals surface area contributed by atoms with Crippen molar-refractivity contribution in [1.29, 1.82) is 0 Å². The Morgan fingerprint density at radius 3 is 2.22 bits per heavy atom. The van der Waals surface area contributed by atoms with Crippen molar-refractivity contribution >= 4 is 51.7 Å². The van der Waals surface area contributed by atoms with Crippen LogP contribution in [-0.4, -0.2) is 47.9 Å². The molecule has 1 N–H and O–H groups in total. The van der Waals surface area contributed by atoms with E-state index < -0.39 is 5.25 Å². The topological polar surface area (TPSA) is 80.2 Å². The maximum absolute atomic E-state index is 13.2. The second-order valence-corrected chi connectivity index (χ2v) is 9.65. The molecule has 7 nitrogen and oxygen atoms in total. The van der Waals surface area contributed by atoms with Crippen molar-refractivity contribution in [3.8, 4) is 11.5 Å². The number of rotatable bonds is 8. The molecule has 0 bridgehead atoms. The van der Waals surface area contributed by atoms with Gasteiger partial charge in [-0.2, -0.15) is 0 Å². The predicted molar refractivity (Wildman–Crippen MR) is 145 cm³/mol. The van der Waals surface area contributed by atoms with Crippen LogP contribution in [-0.2, 0) is 16.0 Å². The van der Waals surface area contributed by atoms with Crippen molar-refractivity contribution in [1.82, 2.24) is 4.90 Å². The van der Waals surface area contributed by atoms with Gasteiger partial charge in [0.1, 0.15) is 16.7 Å². The molecule has 1 atom stereocenters. The van der Waals surface area contributed by atoms with Gasteiger partial charge in [0.15, 0.2) is 5.17 Å². The number of nitrogens with zero attached hydrogens (tertiary/aromatic N) is 2. The van der Waals surface area contributed by atoms with Crippen LogP contribution >= 0.6 is 23.4 Å². The van der Waals surface area contributed by atoms with E-state index in [2.05, 4.69) is 5.32 Å². The Morgan fingerprint density at radius 1 is 1.00 bits per heavy atom. The molecule has 0 spiro atoms. The number of nitrogens with one attached hydrogen (secondary N) is 1. The molecule has 0 aromatic heterocycles. The Labute approximate surface area is 219 Å². The number of aliphatic imine (C=N–C) groups is 1. The van der Waals surface area contributed by atoms with Crippen LogP contribution in [0.2, 0.25) is 5.02 Å². The molecule has 1 saturated heterocycles. The summed E-state index contributed by atoms with van der Waals surface area (Å²) in [5.74, 6) is 1.08. The fraction of sp³-hybridized carbons (Fsp3) is 0.222. The van der Waals surface area contributed by atoms with Gasteiger partial charge in [0.05, 0.1) is 19.9 Å². The maximum Gasteiger partial charge on any atom is 0.238 e. The maximum atomic E-state index is 13.2. The monoisotopic (exact) mass is 523 g/mol. The SMILES string of the molecule is COc1ccc(CCN2C(=O)CC(C(=O)Nc3ccc(Cl)cc3)SC2=Nc2ccc(OC)cc2)cc1. The Hall–Kier alpha value is -3.49. The molecule has 1 fully saturated rings. The van der Waals surface area contributed by atoms with Gasteiger partial charge in [-0.1, -0.05) is 35.5 Å². The van der Waals surface area contributed by atoms with Gasteiger partial charge in [-0.25, -0.2) is 4.99 Å². The summed E-state index contributed by atoms with van der Waals surface area (Å²) in [5.41, 5.74) is 2.35. The molecule has 0 aliphatic carbocycles. The zero-order valence-electron chi connectivity index (χ0n) is 19.9. The first-order valence-electron chi connectivity index (χ1n) is 11.3. The summed E-state index contributed by atoms with van der Waals surface area (Å²) in [6, 6.07) is 21.8. The largest absolute Gasteiger partial charge is 0.497 e. The highest BCUT2D eigenvalue weighted by Crippen LogP contribution is 2.31. The Kier molecular flexibility index (Phi) is 8.51.